The van der Waals surface area contributed by atoms with Crippen LogP contribution < -0.4 is 5.32 Å². The van der Waals surface area contributed by atoms with E-state index in [0.717, 1.165) is 19.4 Å². The maximum absolute atomic E-state index is 11.4. The van der Waals surface area contributed by atoms with Gasteiger partial charge in [-0.15, -0.1) is 0 Å². The number of esters is 1. The average Bonchev–Trinajstić information content (AvgIpc) is 2.94. The Morgan fingerprint density at radius 3 is 2.64 bits per heavy atom. The van der Waals surface area contributed by atoms with Gasteiger partial charge in [-0.3, -0.25) is 4.79 Å². The van der Waals surface area contributed by atoms with E-state index in [4.69, 9.17) is 4.74 Å². The largest absolute Gasteiger partial charge is 0.468 e. The second kappa shape index (κ2) is 5.15. The number of carbonyl (C=O) groups excluding carboxylic acids is 1. The van der Waals surface area contributed by atoms with Crippen molar-refractivity contribution in [1.29, 1.82) is 0 Å². The molecule has 0 aromatic heterocycles. The molecule has 14 heavy (non-hydrogen) atoms. The first-order chi connectivity index (χ1) is 6.65. The fourth-order valence-electron chi connectivity index (χ4n) is 1.39. The molecule has 0 spiro atoms. The van der Waals surface area contributed by atoms with Crippen LogP contribution in [0.25, 0.3) is 0 Å². The van der Waals surface area contributed by atoms with Gasteiger partial charge in [0.05, 0.1) is 7.11 Å². The fraction of sp³-hybridized carbons (Fsp3) is 0.727. The van der Waals surface area contributed by atoms with Crippen molar-refractivity contribution < 1.29 is 9.53 Å². The highest BCUT2D eigenvalue weighted by Gasteiger charge is 2.36. The van der Waals surface area contributed by atoms with Gasteiger partial charge in [0.1, 0.15) is 6.04 Å². The van der Waals surface area contributed by atoms with Crippen LogP contribution >= 0.6 is 0 Å². The molecular weight excluding hydrogens is 178 g/mol. The van der Waals surface area contributed by atoms with E-state index in [9.17, 15) is 4.79 Å². The van der Waals surface area contributed by atoms with E-state index in [2.05, 4.69) is 11.4 Å². The lowest BCUT2D eigenvalue weighted by Gasteiger charge is -2.14. The monoisotopic (exact) mass is 197 g/mol. The topological polar surface area (TPSA) is 38.3 Å². The molecule has 1 atom stereocenters. The van der Waals surface area contributed by atoms with Crippen LogP contribution in [0.4, 0.5) is 0 Å². The molecule has 1 fully saturated rings. The first-order valence-electron chi connectivity index (χ1n) is 5.09. The molecule has 0 aliphatic heterocycles. The molecule has 0 radical (unpaired) electrons. The van der Waals surface area contributed by atoms with E-state index in [1.165, 1.54) is 12.7 Å². The van der Waals surface area contributed by atoms with Gasteiger partial charge >= 0.3 is 5.97 Å². The third kappa shape index (κ3) is 3.50. The zero-order chi connectivity index (χ0) is 10.6. The van der Waals surface area contributed by atoms with Crippen LogP contribution in [0.3, 0.4) is 0 Å². The second-order valence-corrected chi connectivity index (χ2v) is 4.03. The van der Waals surface area contributed by atoms with Gasteiger partial charge in [0.2, 0.25) is 0 Å². The van der Waals surface area contributed by atoms with Gasteiger partial charge in [-0.2, -0.15) is 0 Å². The summed E-state index contributed by atoms with van der Waals surface area (Å²) < 4.78 is 4.75. The number of hydrogen-bond donors (Lipinski definition) is 1. The normalized spacial score (nSPS) is 17.4. The Bertz CT molecular complexity index is 227. The summed E-state index contributed by atoms with van der Waals surface area (Å²) in [6.07, 6.45) is 4.36. The van der Waals surface area contributed by atoms with Crippen LogP contribution in [0.1, 0.15) is 26.7 Å². The molecule has 0 aromatic rings. The highest BCUT2D eigenvalue weighted by molar-refractivity contribution is 5.76. The van der Waals surface area contributed by atoms with Gasteiger partial charge in [-0.25, -0.2) is 0 Å². The van der Waals surface area contributed by atoms with Gasteiger partial charge in [-0.05, 0) is 32.6 Å². The summed E-state index contributed by atoms with van der Waals surface area (Å²) in [5, 5.41) is 3.21. The lowest BCUT2D eigenvalue weighted by molar-refractivity contribution is -0.143. The van der Waals surface area contributed by atoms with Crippen molar-refractivity contribution in [1.82, 2.24) is 5.32 Å². The third-order valence-electron chi connectivity index (χ3n) is 2.40. The van der Waals surface area contributed by atoms with Crippen molar-refractivity contribution in [2.75, 3.05) is 13.7 Å². The first kappa shape index (κ1) is 11.2. The average molecular weight is 197 g/mol. The van der Waals surface area contributed by atoms with Crippen molar-refractivity contribution in [2.24, 2.45) is 5.92 Å². The molecule has 80 valence electrons. The first-order valence-corrected chi connectivity index (χ1v) is 5.09. The highest BCUT2D eigenvalue weighted by atomic mass is 16.5. The molecule has 1 unspecified atom stereocenters. The Labute approximate surface area is 85.5 Å². The Hall–Kier alpha value is -0.830. The van der Waals surface area contributed by atoms with Gasteiger partial charge in [0.25, 0.3) is 0 Å². The number of ether oxygens (including phenoxy) is 1. The Morgan fingerprint density at radius 2 is 2.21 bits per heavy atom. The SMILES string of the molecule is COC(=O)C(NCC=C(C)C)C1CC1. The molecule has 1 N–H and O–H groups in total. The minimum absolute atomic E-state index is 0.101. The molecular formula is C11H19NO2. The molecule has 1 aliphatic carbocycles. The molecule has 0 saturated heterocycles. The van der Waals surface area contributed by atoms with Crippen LogP contribution in [0.2, 0.25) is 0 Å². The number of rotatable bonds is 5. The van der Waals surface area contributed by atoms with Crippen molar-refractivity contribution in [2.45, 2.75) is 32.7 Å². The molecule has 3 heteroatoms. The lowest BCUT2D eigenvalue weighted by Crippen LogP contribution is -2.39. The van der Waals surface area contributed by atoms with E-state index in [-0.39, 0.29) is 12.0 Å². The number of allylic oxidation sites excluding steroid dienone is 1. The van der Waals surface area contributed by atoms with Gasteiger partial charge in [-0.1, -0.05) is 11.6 Å². The van der Waals surface area contributed by atoms with Crippen molar-refractivity contribution in [3.63, 3.8) is 0 Å². The second-order valence-electron chi connectivity index (χ2n) is 4.03. The fourth-order valence-corrected chi connectivity index (χ4v) is 1.39. The summed E-state index contributed by atoms with van der Waals surface area (Å²) in [4.78, 5) is 11.4. The Balaban J connectivity index is 2.36. The van der Waals surface area contributed by atoms with Gasteiger partial charge in [0.15, 0.2) is 0 Å². The summed E-state index contributed by atoms with van der Waals surface area (Å²) in [7, 11) is 1.44. The predicted octanol–water partition coefficient (Wildman–Crippen LogP) is 1.49. The lowest BCUT2D eigenvalue weighted by atomic mass is 10.2. The van der Waals surface area contributed by atoms with E-state index in [0.29, 0.717) is 5.92 Å². The predicted molar refractivity (Wildman–Crippen MR) is 56.0 cm³/mol. The standard InChI is InChI=1S/C11H19NO2/c1-8(2)6-7-12-10(9-4-5-9)11(13)14-3/h6,9-10,12H,4-5,7H2,1-3H3. The van der Waals surface area contributed by atoms with E-state index in [1.807, 2.05) is 13.8 Å². The molecule has 1 rings (SSSR count). The summed E-state index contributed by atoms with van der Waals surface area (Å²) in [6.45, 7) is 4.84. The summed E-state index contributed by atoms with van der Waals surface area (Å²) >= 11 is 0. The Morgan fingerprint density at radius 1 is 1.57 bits per heavy atom. The highest BCUT2D eigenvalue weighted by Crippen LogP contribution is 2.33. The quantitative estimate of drug-likeness (QED) is 0.536. The van der Waals surface area contributed by atoms with Crippen LogP contribution in [-0.2, 0) is 9.53 Å². The molecule has 0 aromatic carbocycles. The van der Waals surface area contributed by atoms with Gasteiger partial charge in [0, 0.05) is 6.54 Å². The number of methoxy groups -OCH3 is 1. The molecule has 0 amide bonds. The maximum atomic E-state index is 11.4. The Kier molecular flexibility index (Phi) is 4.14. The van der Waals surface area contributed by atoms with Crippen molar-refractivity contribution in [3.8, 4) is 0 Å². The van der Waals surface area contributed by atoms with Crippen LogP contribution in [0.5, 0.6) is 0 Å². The summed E-state index contributed by atoms with van der Waals surface area (Å²) in [6, 6.07) is -0.101. The van der Waals surface area contributed by atoms with Crippen LogP contribution in [0.15, 0.2) is 11.6 Å². The van der Waals surface area contributed by atoms with E-state index >= 15 is 0 Å². The summed E-state index contributed by atoms with van der Waals surface area (Å²) in [5.41, 5.74) is 1.26. The van der Waals surface area contributed by atoms with Crippen molar-refractivity contribution in [3.05, 3.63) is 11.6 Å². The van der Waals surface area contributed by atoms with Gasteiger partial charge < -0.3 is 10.1 Å². The van der Waals surface area contributed by atoms with E-state index < -0.39 is 0 Å². The summed E-state index contributed by atoms with van der Waals surface area (Å²) in [5.74, 6) is 0.364. The molecule has 1 saturated carbocycles. The number of carbonyl (C=O) groups is 1. The maximum Gasteiger partial charge on any atom is 0.323 e. The smallest absolute Gasteiger partial charge is 0.323 e. The van der Waals surface area contributed by atoms with Crippen LogP contribution in [0, 0.1) is 5.92 Å². The van der Waals surface area contributed by atoms with E-state index in [1.54, 1.807) is 0 Å². The molecule has 3 nitrogen and oxygen atoms in total. The molecule has 0 heterocycles. The minimum atomic E-state index is -0.130. The third-order valence-corrected chi connectivity index (χ3v) is 2.40. The minimum Gasteiger partial charge on any atom is -0.468 e. The number of nitrogens with one attached hydrogen (secondary N) is 1. The zero-order valence-corrected chi connectivity index (χ0v) is 9.17. The van der Waals surface area contributed by atoms with Crippen LogP contribution in [-0.4, -0.2) is 25.7 Å². The van der Waals surface area contributed by atoms with Crippen molar-refractivity contribution >= 4 is 5.97 Å². The number of hydrogen-bond acceptors (Lipinski definition) is 3. The zero-order valence-electron chi connectivity index (χ0n) is 9.17. The molecule has 0 bridgehead atoms. The molecule has 1 aliphatic rings.